The highest BCUT2D eigenvalue weighted by Gasteiger charge is 2.43. The van der Waals surface area contributed by atoms with Gasteiger partial charge in [-0.3, -0.25) is 4.99 Å². The first-order valence-corrected chi connectivity index (χ1v) is 7.50. The van der Waals surface area contributed by atoms with Crippen molar-refractivity contribution in [3.8, 4) is 0 Å². The number of aliphatic hydroxyl groups is 1. The van der Waals surface area contributed by atoms with Crippen molar-refractivity contribution in [2.24, 2.45) is 4.99 Å². The SMILES string of the molecule is C/N=C1\c2cccc3cccc(c23)C1(O)Cc1ccccc1. The molecule has 4 rings (SSSR count). The average molecular weight is 287 g/mol. The number of hydrogen-bond donors (Lipinski definition) is 1. The van der Waals surface area contributed by atoms with Gasteiger partial charge in [0.25, 0.3) is 0 Å². The van der Waals surface area contributed by atoms with E-state index >= 15 is 0 Å². The molecule has 2 nitrogen and oxygen atoms in total. The highest BCUT2D eigenvalue weighted by molar-refractivity contribution is 6.21. The van der Waals surface area contributed by atoms with Crippen LogP contribution >= 0.6 is 0 Å². The zero-order valence-corrected chi connectivity index (χ0v) is 12.5. The molecule has 0 radical (unpaired) electrons. The summed E-state index contributed by atoms with van der Waals surface area (Å²) in [5.74, 6) is 0. The standard InChI is InChI=1S/C20H17NO/c1-21-19-16-11-5-9-15-10-6-12-17(18(15)16)20(19,22)13-14-7-3-2-4-8-14/h2-12,22H,13H2,1H3/b21-19+. The normalized spacial score (nSPS) is 21.6. The maximum absolute atomic E-state index is 11.5. The van der Waals surface area contributed by atoms with Crippen molar-refractivity contribution >= 4 is 16.5 Å². The third kappa shape index (κ3) is 1.74. The van der Waals surface area contributed by atoms with E-state index in [0.29, 0.717) is 6.42 Å². The summed E-state index contributed by atoms with van der Waals surface area (Å²) in [4.78, 5) is 4.44. The summed E-state index contributed by atoms with van der Waals surface area (Å²) in [6, 6.07) is 22.4. The molecule has 0 heterocycles. The lowest BCUT2D eigenvalue weighted by atomic mass is 9.86. The van der Waals surface area contributed by atoms with Gasteiger partial charge in [0, 0.05) is 19.0 Å². The molecule has 3 aromatic carbocycles. The molecule has 0 bridgehead atoms. The fourth-order valence-corrected chi connectivity index (χ4v) is 3.61. The van der Waals surface area contributed by atoms with Crippen LogP contribution < -0.4 is 0 Å². The number of hydrogen-bond acceptors (Lipinski definition) is 2. The zero-order chi connectivity index (χ0) is 15.2. The molecule has 1 unspecified atom stereocenters. The lowest BCUT2D eigenvalue weighted by Crippen LogP contribution is -2.35. The van der Waals surface area contributed by atoms with Crippen molar-refractivity contribution in [2.45, 2.75) is 12.0 Å². The summed E-state index contributed by atoms with van der Waals surface area (Å²) in [7, 11) is 1.76. The Morgan fingerprint density at radius 1 is 0.909 bits per heavy atom. The molecule has 0 aliphatic heterocycles. The first-order chi connectivity index (χ1) is 10.7. The molecular weight excluding hydrogens is 270 g/mol. The topological polar surface area (TPSA) is 32.6 Å². The van der Waals surface area contributed by atoms with Gasteiger partial charge < -0.3 is 5.11 Å². The molecule has 1 aliphatic carbocycles. The van der Waals surface area contributed by atoms with Crippen molar-refractivity contribution in [2.75, 3.05) is 7.05 Å². The van der Waals surface area contributed by atoms with Gasteiger partial charge in [0.2, 0.25) is 0 Å². The van der Waals surface area contributed by atoms with Gasteiger partial charge in [0.05, 0.1) is 5.71 Å². The van der Waals surface area contributed by atoms with Crippen LogP contribution in [0, 0.1) is 0 Å². The van der Waals surface area contributed by atoms with Crippen LogP contribution in [-0.2, 0) is 12.0 Å². The Bertz CT molecular complexity index is 877. The predicted octanol–water partition coefficient (Wildman–Crippen LogP) is 3.70. The Hall–Kier alpha value is -2.45. The van der Waals surface area contributed by atoms with E-state index in [1.54, 1.807) is 7.05 Å². The first-order valence-electron chi connectivity index (χ1n) is 7.50. The van der Waals surface area contributed by atoms with Gasteiger partial charge in [-0.2, -0.15) is 0 Å². The Morgan fingerprint density at radius 3 is 2.36 bits per heavy atom. The molecular formula is C20H17NO. The van der Waals surface area contributed by atoms with Crippen LogP contribution in [0.5, 0.6) is 0 Å². The van der Waals surface area contributed by atoms with E-state index in [2.05, 4.69) is 23.2 Å². The first kappa shape index (κ1) is 13.2. The molecule has 0 fully saturated rings. The van der Waals surface area contributed by atoms with Gasteiger partial charge in [0.1, 0.15) is 5.60 Å². The van der Waals surface area contributed by atoms with E-state index in [0.717, 1.165) is 33.2 Å². The molecule has 1 N–H and O–H groups in total. The lowest BCUT2D eigenvalue weighted by Gasteiger charge is -2.25. The van der Waals surface area contributed by atoms with Gasteiger partial charge >= 0.3 is 0 Å². The summed E-state index contributed by atoms with van der Waals surface area (Å²) >= 11 is 0. The molecule has 22 heavy (non-hydrogen) atoms. The fraction of sp³-hybridized carbons (Fsp3) is 0.150. The molecule has 108 valence electrons. The van der Waals surface area contributed by atoms with Crippen molar-refractivity contribution in [3.63, 3.8) is 0 Å². The number of aliphatic imine (C=N–C) groups is 1. The molecule has 0 spiro atoms. The van der Waals surface area contributed by atoms with Gasteiger partial charge in [0.15, 0.2) is 0 Å². The van der Waals surface area contributed by atoms with Crippen LogP contribution in [0.3, 0.4) is 0 Å². The number of benzene rings is 3. The third-order valence-electron chi connectivity index (χ3n) is 4.52. The minimum atomic E-state index is -1.06. The maximum Gasteiger partial charge on any atom is 0.136 e. The molecule has 3 aromatic rings. The van der Waals surface area contributed by atoms with Crippen LogP contribution in [0.1, 0.15) is 16.7 Å². The second-order valence-electron chi connectivity index (χ2n) is 5.80. The minimum Gasteiger partial charge on any atom is -0.378 e. The summed E-state index contributed by atoms with van der Waals surface area (Å²) in [5.41, 5.74) is 2.83. The molecule has 1 atom stereocenters. The van der Waals surface area contributed by atoms with Crippen LogP contribution in [-0.4, -0.2) is 17.9 Å². The van der Waals surface area contributed by atoms with E-state index in [4.69, 9.17) is 0 Å². The Balaban J connectivity index is 1.96. The van der Waals surface area contributed by atoms with E-state index < -0.39 is 5.60 Å². The molecule has 0 aromatic heterocycles. The minimum absolute atomic E-state index is 0.536. The largest absolute Gasteiger partial charge is 0.378 e. The second-order valence-corrected chi connectivity index (χ2v) is 5.80. The highest BCUT2D eigenvalue weighted by Crippen LogP contribution is 2.43. The second kappa shape index (κ2) is 4.79. The fourth-order valence-electron chi connectivity index (χ4n) is 3.61. The van der Waals surface area contributed by atoms with Crippen LogP contribution in [0.15, 0.2) is 71.7 Å². The predicted molar refractivity (Wildman–Crippen MR) is 90.5 cm³/mol. The molecule has 1 aliphatic rings. The van der Waals surface area contributed by atoms with Crippen LogP contribution in [0.4, 0.5) is 0 Å². The average Bonchev–Trinajstić information content (AvgIpc) is 2.79. The summed E-state index contributed by atoms with van der Waals surface area (Å²) < 4.78 is 0. The Labute approximate surface area is 129 Å². The van der Waals surface area contributed by atoms with Crippen molar-refractivity contribution in [1.82, 2.24) is 0 Å². The Kier molecular flexibility index (Phi) is 2.88. The smallest absolute Gasteiger partial charge is 0.136 e. The summed E-state index contributed by atoms with van der Waals surface area (Å²) in [6.45, 7) is 0. The number of nitrogens with zero attached hydrogens (tertiary/aromatic N) is 1. The van der Waals surface area contributed by atoms with Crippen LogP contribution in [0.2, 0.25) is 0 Å². The molecule has 0 saturated heterocycles. The highest BCUT2D eigenvalue weighted by atomic mass is 16.3. The lowest BCUT2D eigenvalue weighted by molar-refractivity contribution is 0.116. The Morgan fingerprint density at radius 2 is 1.64 bits per heavy atom. The summed E-state index contributed by atoms with van der Waals surface area (Å²) in [6.07, 6.45) is 0.536. The maximum atomic E-state index is 11.5. The van der Waals surface area contributed by atoms with Crippen molar-refractivity contribution in [3.05, 3.63) is 83.4 Å². The van der Waals surface area contributed by atoms with E-state index in [-0.39, 0.29) is 0 Å². The molecule has 0 saturated carbocycles. The van der Waals surface area contributed by atoms with Gasteiger partial charge in [-0.1, -0.05) is 66.7 Å². The monoisotopic (exact) mass is 287 g/mol. The zero-order valence-electron chi connectivity index (χ0n) is 12.5. The quantitative estimate of drug-likeness (QED) is 0.766. The third-order valence-corrected chi connectivity index (χ3v) is 4.52. The van der Waals surface area contributed by atoms with Crippen LogP contribution in [0.25, 0.3) is 10.8 Å². The van der Waals surface area contributed by atoms with Gasteiger partial charge in [-0.05, 0) is 21.9 Å². The molecule has 0 amide bonds. The van der Waals surface area contributed by atoms with Gasteiger partial charge in [-0.25, -0.2) is 0 Å². The van der Waals surface area contributed by atoms with E-state index in [9.17, 15) is 5.11 Å². The molecule has 2 heteroatoms. The van der Waals surface area contributed by atoms with Gasteiger partial charge in [-0.15, -0.1) is 0 Å². The van der Waals surface area contributed by atoms with E-state index in [1.165, 1.54) is 0 Å². The van der Waals surface area contributed by atoms with Crippen molar-refractivity contribution in [1.29, 1.82) is 0 Å². The van der Waals surface area contributed by atoms with E-state index in [1.807, 2.05) is 48.5 Å². The number of rotatable bonds is 2. The van der Waals surface area contributed by atoms with Crippen molar-refractivity contribution < 1.29 is 5.11 Å². The summed E-state index contributed by atoms with van der Waals surface area (Å²) in [5, 5.41) is 13.8.